The first kappa shape index (κ1) is 20.6. The van der Waals surface area contributed by atoms with E-state index in [2.05, 4.69) is 10.5 Å². The maximum atomic E-state index is 11.9. The van der Waals surface area contributed by atoms with Crippen LogP contribution in [-0.4, -0.2) is 47.7 Å². The second-order valence-corrected chi connectivity index (χ2v) is 5.60. The van der Waals surface area contributed by atoms with Crippen molar-refractivity contribution in [3.8, 4) is 5.75 Å². The molecule has 0 fully saturated rings. The van der Waals surface area contributed by atoms with E-state index in [1.165, 1.54) is 32.5 Å². The molecule has 2 rings (SSSR count). The van der Waals surface area contributed by atoms with E-state index in [1.807, 2.05) is 18.2 Å². The van der Waals surface area contributed by atoms with Crippen LogP contribution in [-0.2, 0) is 11.3 Å². The third-order valence-electron chi connectivity index (χ3n) is 3.66. The van der Waals surface area contributed by atoms with Gasteiger partial charge in [0.25, 0.3) is 0 Å². The number of aliphatic hydroxyl groups excluding tert-OH is 1. The molecule has 10 heteroatoms. The van der Waals surface area contributed by atoms with Gasteiger partial charge in [-0.2, -0.15) is 5.10 Å². The third kappa shape index (κ3) is 5.68. The molecular formula is C18H20N4O6. The van der Waals surface area contributed by atoms with Crippen LogP contribution in [0.1, 0.15) is 11.1 Å². The number of rotatable bonds is 8. The quantitative estimate of drug-likeness (QED) is 0.307. The first-order valence-corrected chi connectivity index (χ1v) is 8.15. The van der Waals surface area contributed by atoms with Crippen molar-refractivity contribution in [2.45, 2.75) is 13.0 Å². The van der Waals surface area contributed by atoms with Gasteiger partial charge in [0.1, 0.15) is 6.61 Å². The van der Waals surface area contributed by atoms with Crippen molar-refractivity contribution in [3.63, 3.8) is 0 Å². The number of benzene rings is 2. The van der Waals surface area contributed by atoms with Gasteiger partial charge >= 0.3 is 11.8 Å². The molecule has 1 unspecified atom stereocenters. The lowest BCUT2D eigenvalue weighted by Crippen LogP contribution is -2.44. The Morgan fingerprint density at radius 1 is 1.36 bits per heavy atom. The molecule has 2 aromatic rings. The Balaban J connectivity index is 1.89. The molecule has 1 amide bonds. The number of nitrogens with one attached hydrogen (secondary N) is 1. The van der Waals surface area contributed by atoms with Crippen LogP contribution < -0.4 is 10.2 Å². The predicted octanol–water partition coefficient (Wildman–Crippen LogP) is 2.07. The molecule has 0 aromatic heterocycles. The number of hydrogen-bond donors (Lipinski definition) is 2. The van der Waals surface area contributed by atoms with Crippen LogP contribution in [0.2, 0.25) is 0 Å². The van der Waals surface area contributed by atoms with Gasteiger partial charge in [-0.25, -0.2) is 4.79 Å². The summed E-state index contributed by atoms with van der Waals surface area (Å²) in [6.07, 6.45) is -0.939. The Bertz CT molecular complexity index is 843. The standard InChI is InChI=1S/C18H20N4O6/c1-21(18(24)28-12-13-6-4-3-5-7-13)17(23)20-19-11-14-8-9-16(27-2)15(10-14)22(25)26/h3-11,17,20,23H,12H2,1-2H3/b19-11+. The van der Waals surface area contributed by atoms with Gasteiger partial charge in [-0.1, -0.05) is 30.3 Å². The fourth-order valence-corrected chi connectivity index (χ4v) is 2.12. The molecule has 10 nitrogen and oxygen atoms in total. The second-order valence-electron chi connectivity index (χ2n) is 5.60. The fourth-order valence-electron chi connectivity index (χ4n) is 2.12. The van der Waals surface area contributed by atoms with Crippen molar-refractivity contribution in [1.29, 1.82) is 0 Å². The van der Waals surface area contributed by atoms with Gasteiger partial charge in [-0.05, 0) is 17.7 Å². The molecular weight excluding hydrogens is 368 g/mol. The van der Waals surface area contributed by atoms with Crippen LogP contribution in [0.5, 0.6) is 5.75 Å². The third-order valence-corrected chi connectivity index (χ3v) is 3.66. The van der Waals surface area contributed by atoms with Crippen LogP contribution >= 0.6 is 0 Å². The van der Waals surface area contributed by atoms with Crippen molar-refractivity contribution in [3.05, 3.63) is 69.8 Å². The minimum atomic E-state index is -1.45. The van der Waals surface area contributed by atoms with Gasteiger partial charge in [-0.15, -0.1) is 0 Å². The number of carbonyl (C=O) groups excluding carboxylic acids is 1. The van der Waals surface area contributed by atoms with Crippen molar-refractivity contribution in [2.24, 2.45) is 5.10 Å². The summed E-state index contributed by atoms with van der Waals surface area (Å²) >= 11 is 0. The van der Waals surface area contributed by atoms with Gasteiger partial charge in [0.2, 0.25) is 6.35 Å². The monoisotopic (exact) mass is 388 g/mol. The maximum absolute atomic E-state index is 11.9. The summed E-state index contributed by atoms with van der Waals surface area (Å²) in [5, 5.41) is 24.8. The molecule has 0 heterocycles. The van der Waals surface area contributed by atoms with Crippen molar-refractivity contribution in [2.75, 3.05) is 14.2 Å². The zero-order valence-corrected chi connectivity index (χ0v) is 15.3. The van der Waals surface area contributed by atoms with E-state index in [-0.39, 0.29) is 18.0 Å². The number of carbonyl (C=O) groups is 1. The smallest absolute Gasteiger partial charge is 0.413 e. The van der Waals surface area contributed by atoms with E-state index < -0.39 is 17.4 Å². The molecule has 1 atom stereocenters. The average molecular weight is 388 g/mol. The van der Waals surface area contributed by atoms with E-state index in [1.54, 1.807) is 18.2 Å². The summed E-state index contributed by atoms with van der Waals surface area (Å²) < 4.78 is 10.0. The van der Waals surface area contributed by atoms with Gasteiger partial charge in [0.15, 0.2) is 5.75 Å². The van der Waals surface area contributed by atoms with Crippen molar-refractivity contribution in [1.82, 2.24) is 10.3 Å². The SMILES string of the molecule is COc1ccc(/C=N/NC(O)N(C)C(=O)OCc2ccccc2)cc1[N+](=O)[O-]. The summed E-state index contributed by atoms with van der Waals surface area (Å²) in [5.41, 5.74) is 3.34. The molecule has 0 aliphatic carbocycles. The molecule has 28 heavy (non-hydrogen) atoms. The van der Waals surface area contributed by atoms with E-state index >= 15 is 0 Å². The lowest BCUT2D eigenvalue weighted by molar-refractivity contribution is -0.385. The summed E-state index contributed by atoms with van der Waals surface area (Å²) in [5.74, 6) is 0.121. The predicted molar refractivity (Wildman–Crippen MR) is 101 cm³/mol. The Kier molecular flexibility index (Phi) is 7.28. The largest absolute Gasteiger partial charge is 0.490 e. The molecule has 0 radical (unpaired) electrons. The topological polar surface area (TPSA) is 127 Å². The lowest BCUT2D eigenvalue weighted by Gasteiger charge is -2.22. The van der Waals surface area contributed by atoms with Crippen LogP contribution in [0.25, 0.3) is 0 Å². The first-order chi connectivity index (χ1) is 13.4. The number of nitro benzene ring substituents is 1. The number of amides is 1. The van der Waals surface area contributed by atoms with Gasteiger partial charge in [0, 0.05) is 18.7 Å². The molecule has 0 spiro atoms. The molecule has 0 bridgehead atoms. The van der Waals surface area contributed by atoms with Gasteiger partial charge < -0.3 is 14.6 Å². The summed E-state index contributed by atoms with van der Waals surface area (Å²) in [4.78, 5) is 23.3. The highest BCUT2D eigenvalue weighted by atomic mass is 16.6. The lowest BCUT2D eigenvalue weighted by atomic mass is 10.2. The van der Waals surface area contributed by atoms with Gasteiger partial charge in [0.05, 0.1) is 18.2 Å². The van der Waals surface area contributed by atoms with E-state index in [4.69, 9.17) is 9.47 Å². The Morgan fingerprint density at radius 3 is 2.71 bits per heavy atom. The Labute approximate surface area is 161 Å². The number of nitro groups is 1. The zero-order chi connectivity index (χ0) is 20.5. The highest BCUT2D eigenvalue weighted by molar-refractivity contribution is 5.81. The minimum Gasteiger partial charge on any atom is -0.490 e. The molecule has 0 aliphatic heterocycles. The Hall–Kier alpha value is -3.66. The second kappa shape index (κ2) is 9.88. The molecule has 0 saturated heterocycles. The number of methoxy groups -OCH3 is 1. The number of ether oxygens (including phenoxy) is 2. The highest BCUT2D eigenvalue weighted by Crippen LogP contribution is 2.26. The summed E-state index contributed by atoms with van der Waals surface area (Å²) in [6.45, 7) is 0.0650. The molecule has 0 aliphatic rings. The van der Waals surface area contributed by atoms with Gasteiger partial charge in [-0.3, -0.25) is 20.4 Å². The summed E-state index contributed by atoms with van der Waals surface area (Å²) in [6, 6.07) is 13.4. The molecule has 0 saturated carbocycles. The molecule has 2 aromatic carbocycles. The number of aliphatic hydroxyl groups is 1. The number of nitrogens with zero attached hydrogens (tertiary/aromatic N) is 3. The van der Waals surface area contributed by atoms with E-state index in [0.29, 0.717) is 5.56 Å². The van der Waals surface area contributed by atoms with Crippen LogP contribution in [0.3, 0.4) is 0 Å². The summed E-state index contributed by atoms with van der Waals surface area (Å²) in [7, 11) is 2.67. The highest BCUT2D eigenvalue weighted by Gasteiger charge is 2.18. The van der Waals surface area contributed by atoms with Crippen LogP contribution in [0.15, 0.2) is 53.6 Å². The normalized spacial score (nSPS) is 11.7. The maximum Gasteiger partial charge on any atom is 0.413 e. The fraction of sp³-hybridized carbons (Fsp3) is 0.222. The molecule has 2 N–H and O–H groups in total. The van der Waals surface area contributed by atoms with E-state index in [0.717, 1.165) is 10.5 Å². The first-order valence-electron chi connectivity index (χ1n) is 8.15. The number of hydrazone groups is 1. The van der Waals surface area contributed by atoms with Crippen molar-refractivity contribution >= 4 is 18.0 Å². The van der Waals surface area contributed by atoms with Crippen LogP contribution in [0, 0.1) is 10.1 Å². The van der Waals surface area contributed by atoms with Crippen LogP contribution in [0.4, 0.5) is 10.5 Å². The molecule has 148 valence electrons. The van der Waals surface area contributed by atoms with E-state index in [9.17, 15) is 20.0 Å². The minimum absolute atomic E-state index is 0.0650. The average Bonchev–Trinajstić information content (AvgIpc) is 2.71. The number of hydrogen-bond acceptors (Lipinski definition) is 8. The van der Waals surface area contributed by atoms with Crippen molar-refractivity contribution < 1.29 is 24.3 Å². The zero-order valence-electron chi connectivity index (χ0n) is 15.3. The Morgan fingerprint density at radius 2 is 2.07 bits per heavy atom.